The zero-order chi connectivity index (χ0) is 16.3. The lowest BCUT2D eigenvalue weighted by atomic mass is 10.2. The van der Waals surface area contributed by atoms with Gasteiger partial charge in [-0.05, 0) is 44.3 Å². The molecule has 1 N–H and O–H groups in total. The second-order valence-electron chi connectivity index (χ2n) is 4.55. The summed E-state index contributed by atoms with van der Waals surface area (Å²) in [5.74, 6) is -0.417. The van der Waals surface area contributed by atoms with Crippen LogP contribution in [0.1, 0.15) is 23.5 Å². The third-order valence-corrected chi connectivity index (χ3v) is 5.30. The Bertz CT molecular complexity index is 711. The standard InChI is InChI=1S/C15H17ClN2O2S2/c1-4-18(5-2)15(21)17-9-6-7-10-11(8-9)22-13(12(10)16)14(19)20-3/h6-8H,4-5H2,1-3H3,(H,17,21). The van der Waals surface area contributed by atoms with E-state index >= 15 is 0 Å². The smallest absolute Gasteiger partial charge is 0.349 e. The minimum Gasteiger partial charge on any atom is -0.465 e. The van der Waals surface area contributed by atoms with Crippen molar-refractivity contribution in [2.24, 2.45) is 0 Å². The number of thiocarbonyl (C=S) groups is 1. The Labute approximate surface area is 144 Å². The molecule has 0 aliphatic carbocycles. The quantitative estimate of drug-likeness (QED) is 0.650. The first-order chi connectivity index (χ1) is 10.5. The lowest BCUT2D eigenvalue weighted by molar-refractivity contribution is 0.0606. The van der Waals surface area contributed by atoms with Gasteiger partial charge in [0, 0.05) is 28.9 Å². The highest BCUT2D eigenvalue weighted by atomic mass is 35.5. The lowest BCUT2D eigenvalue weighted by Gasteiger charge is -2.22. The van der Waals surface area contributed by atoms with E-state index in [1.807, 2.05) is 18.2 Å². The van der Waals surface area contributed by atoms with Crippen LogP contribution in [0.25, 0.3) is 10.1 Å². The van der Waals surface area contributed by atoms with Crippen molar-refractivity contribution in [1.82, 2.24) is 4.90 Å². The van der Waals surface area contributed by atoms with Gasteiger partial charge in [-0.15, -0.1) is 11.3 Å². The Kier molecular flexibility index (Phi) is 5.61. The number of hydrogen-bond donors (Lipinski definition) is 1. The van der Waals surface area contributed by atoms with E-state index in [1.165, 1.54) is 18.4 Å². The van der Waals surface area contributed by atoms with Crippen LogP contribution in [-0.4, -0.2) is 36.2 Å². The SMILES string of the molecule is CCN(CC)C(=S)Nc1ccc2c(Cl)c(C(=O)OC)sc2c1. The maximum atomic E-state index is 11.7. The van der Waals surface area contributed by atoms with Gasteiger partial charge in [0.25, 0.3) is 0 Å². The van der Waals surface area contributed by atoms with E-state index in [2.05, 4.69) is 24.1 Å². The molecule has 0 amide bonds. The molecule has 2 rings (SSSR count). The van der Waals surface area contributed by atoms with Gasteiger partial charge in [0.05, 0.1) is 12.1 Å². The van der Waals surface area contributed by atoms with E-state index in [4.69, 9.17) is 28.6 Å². The van der Waals surface area contributed by atoms with Crippen molar-refractivity contribution in [3.63, 3.8) is 0 Å². The van der Waals surface area contributed by atoms with Crippen molar-refractivity contribution < 1.29 is 9.53 Å². The second-order valence-corrected chi connectivity index (χ2v) is 6.37. The predicted octanol–water partition coefficient (Wildman–Crippen LogP) is 4.38. The van der Waals surface area contributed by atoms with Crippen molar-refractivity contribution in [3.05, 3.63) is 28.1 Å². The zero-order valence-electron chi connectivity index (χ0n) is 12.6. The summed E-state index contributed by atoms with van der Waals surface area (Å²) in [5, 5.41) is 5.17. The number of halogens is 1. The molecule has 4 nitrogen and oxygen atoms in total. The molecule has 0 aliphatic rings. The molecule has 2 aromatic rings. The van der Waals surface area contributed by atoms with E-state index in [-0.39, 0.29) is 0 Å². The highest BCUT2D eigenvalue weighted by Crippen LogP contribution is 2.37. The highest BCUT2D eigenvalue weighted by molar-refractivity contribution is 7.80. The summed E-state index contributed by atoms with van der Waals surface area (Å²) in [6.07, 6.45) is 0. The molecule has 1 aromatic heterocycles. The lowest BCUT2D eigenvalue weighted by Crippen LogP contribution is -2.34. The number of ether oxygens (including phenoxy) is 1. The summed E-state index contributed by atoms with van der Waals surface area (Å²) in [4.78, 5) is 14.2. The molecule has 0 unspecified atom stereocenters. The first kappa shape index (κ1) is 17.0. The maximum absolute atomic E-state index is 11.7. The molecule has 0 fully saturated rings. The molecule has 0 atom stereocenters. The predicted molar refractivity (Wildman–Crippen MR) is 97.3 cm³/mol. The van der Waals surface area contributed by atoms with E-state index in [0.29, 0.717) is 15.0 Å². The van der Waals surface area contributed by atoms with Gasteiger partial charge in [0.2, 0.25) is 0 Å². The minimum absolute atomic E-state index is 0.417. The molecule has 0 saturated carbocycles. The number of benzene rings is 1. The van der Waals surface area contributed by atoms with Crippen LogP contribution >= 0.6 is 35.2 Å². The number of thiophene rings is 1. The Hall–Kier alpha value is -1.37. The fourth-order valence-corrected chi connectivity index (χ4v) is 3.92. The number of anilines is 1. The summed E-state index contributed by atoms with van der Waals surface area (Å²) < 4.78 is 5.66. The van der Waals surface area contributed by atoms with Crippen LogP contribution in [0.4, 0.5) is 5.69 Å². The first-order valence-corrected chi connectivity index (χ1v) is 8.48. The first-order valence-electron chi connectivity index (χ1n) is 6.88. The van der Waals surface area contributed by atoms with Crippen molar-refractivity contribution in [3.8, 4) is 0 Å². The van der Waals surface area contributed by atoms with Crippen LogP contribution < -0.4 is 5.32 Å². The highest BCUT2D eigenvalue weighted by Gasteiger charge is 2.18. The number of carbonyl (C=O) groups excluding carboxylic acids is 1. The maximum Gasteiger partial charge on any atom is 0.349 e. The van der Waals surface area contributed by atoms with Crippen molar-refractivity contribution in [1.29, 1.82) is 0 Å². The van der Waals surface area contributed by atoms with Crippen LogP contribution in [-0.2, 0) is 4.74 Å². The third-order valence-electron chi connectivity index (χ3n) is 3.30. The number of carbonyl (C=O) groups is 1. The van der Waals surface area contributed by atoms with Gasteiger partial charge >= 0.3 is 5.97 Å². The van der Waals surface area contributed by atoms with E-state index in [0.717, 1.165) is 28.9 Å². The Balaban J connectivity index is 2.31. The van der Waals surface area contributed by atoms with Crippen molar-refractivity contribution in [2.45, 2.75) is 13.8 Å². The zero-order valence-corrected chi connectivity index (χ0v) is 15.0. The van der Waals surface area contributed by atoms with Crippen LogP contribution in [0.3, 0.4) is 0 Å². The third kappa shape index (κ3) is 3.34. The minimum atomic E-state index is -0.417. The number of nitrogens with zero attached hydrogens (tertiary/aromatic N) is 1. The summed E-state index contributed by atoms with van der Waals surface area (Å²) in [6, 6.07) is 5.72. The fourth-order valence-electron chi connectivity index (χ4n) is 2.08. The Morgan fingerprint density at radius 3 is 2.68 bits per heavy atom. The molecule has 0 spiro atoms. The molecule has 1 aromatic carbocycles. The Morgan fingerprint density at radius 1 is 1.41 bits per heavy atom. The van der Waals surface area contributed by atoms with Crippen molar-refractivity contribution >= 4 is 62.0 Å². The average Bonchev–Trinajstić information content (AvgIpc) is 2.84. The monoisotopic (exact) mass is 356 g/mol. The molecule has 0 bridgehead atoms. The van der Waals surface area contributed by atoms with Crippen LogP contribution in [0.5, 0.6) is 0 Å². The number of nitrogens with one attached hydrogen (secondary N) is 1. The van der Waals surface area contributed by atoms with Crippen molar-refractivity contribution in [2.75, 3.05) is 25.5 Å². The molecule has 0 aliphatic heterocycles. The van der Waals surface area contributed by atoms with E-state index < -0.39 is 5.97 Å². The molecule has 22 heavy (non-hydrogen) atoms. The van der Waals surface area contributed by atoms with E-state index in [9.17, 15) is 4.79 Å². The number of hydrogen-bond acceptors (Lipinski definition) is 4. The van der Waals surface area contributed by atoms with Crippen LogP contribution in [0.15, 0.2) is 18.2 Å². The average molecular weight is 357 g/mol. The number of fused-ring (bicyclic) bond motifs is 1. The molecular weight excluding hydrogens is 340 g/mol. The second kappa shape index (κ2) is 7.26. The largest absolute Gasteiger partial charge is 0.465 e. The molecular formula is C15H17ClN2O2S2. The van der Waals surface area contributed by atoms with E-state index in [1.54, 1.807) is 0 Å². The van der Waals surface area contributed by atoms with Crippen LogP contribution in [0.2, 0.25) is 5.02 Å². The summed E-state index contributed by atoms with van der Waals surface area (Å²) in [6.45, 7) is 5.81. The molecule has 0 radical (unpaired) electrons. The number of rotatable bonds is 4. The van der Waals surface area contributed by atoms with Gasteiger partial charge in [-0.25, -0.2) is 4.79 Å². The summed E-state index contributed by atoms with van der Waals surface area (Å²) in [7, 11) is 1.35. The summed E-state index contributed by atoms with van der Waals surface area (Å²) >= 11 is 12.9. The molecule has 7 heteroatoms. The van der Waals surface area contributed by atoms with Gasteiger partial charge in [0.1, 0.15) is 4.88 Å². The van der Waals surface area contributed by atoms with Gasteiger partial charge in [-0.3, -0.25) is 0 Å². The molecule has 0 saturated heterocycles. The molecule has 118 valence electrons. The number of methoxy groups -OCH3 is 1. The van der Waals surface area contributed by atoms with Gasteiger partial charge < -0.3 is 15.0 Å². The Morgan fingerprint density at radius 2 is 2.09 bits per heavy atom. The summed E-state index contributed by atoms with van der Waals surface area (Å²) in [5.41, 5.74) is 0.874. The normalized spacial score (nSPS) is 10.5. The topological polar surface area (TPSA) is 41.6 Å². The van der Waals surface area contributed by atoms with Gasteiger partial charge in [0.15, 0.2) is 5.11 Å². The van der Waals surface area contributed by atoms with Crippen LogP contribution in [0, 0.1) is 0 Å². The van der Waals surface area contributed by atoms with Gasteiger partial charge in [-0.1, -0.05) is 11.6 Å². The number of esters is 1. The van der Waals surface area contributed by atoms with Gasteiger partial charge in [-0.2, -0.15) is 0 Å². The molecule has 1 heterocycles. The fraction of sp³-hybridized carbons (Fsp3) is 0.333.